The van der Waals surface area contributed by atoms with E-state index in [2.05, 4.69) is 0 Å². The molecule has 0 bridgehead atoms. The molecule has 3 nitrogen and oxygen atoms in total. The second-order valence-electron chi connectivity index (χ2n) is 4.36. The number of rotatable bonds is 7. The summed E-state index contributed by atoms with van der Waals surface area (Å²) in [6.45, 7) is 4.63. The zero-order chi connectivity index (χ0) is 12.7. The van der Waals surface area contributed by atoms with Crippen molar-refractivity contribution >= 4 is 0 Å². The van der Waals surface area contributed by atoms with E-state index in [1.54, 1.807) is 7.11 Å². The molecule has 0 aliphatic carbocycles. The minimum absolute atomic E-state index is 0.113. The molecule has 1 aromatic rings. The van der Waals surface area contributed by atoms with Crippen LogP contribution in [-0.4, -0.2) is 24.9 Å². The Hall–Kier alpha value is -1.06. The molecular weight excluding hydrogens is 216 g/mol. The van der Waals surface area contributed by atoms with Crippen LogP contribution in [0.2, 0.25) is 0 Å². The standard InChI is InChI=1S/C14H22O3/c1-11(2)17-14-9-5-4-7-12(14)13(15)8-6-10-16-3/h4-5,7,9,11,13,15H,6,8,10H2,1-3H3. The monoisotopic (exact) mass is 238 g/mol. The highest BCUT2D eigenvalue weighted by Crippen LogP contribution is 2.28. The fraction of sp³-hybridized carbons (Fsp3) is 0.571. The number of methoxy groups -OCH3 is 1. The predicted molar refractivity (Wildman–Crippen MR) is 68.3 cm³/mol. The Labute approximate surface area is 103 Å². The topological polar surface area (TPSA) is 38.7 Å². The van der Waals surface area contributed by atoms with Crippen LogP contribution >= 0.6 is 0 Å². The molecule has 1 N–H and O–H groups in total. The fourth-order valence-electron chi connectivity index (χ4n) is 1.69. The lowest BCUT2D eigenvalue weighted by Gasteiger charge is -2.17. The minimum atomic E-state index is -0.486. The van der Waals surface area contributed by atoms with Crippen LogP contribution in [0.4, 0.5) is 0 Å². The minimum Gasteiger partial charge on any atom is -0.491 e. The van der Waals surface area contributed by atoms with Crippen LogP contribution in [0.1, 0.15) is 38.4 Å². The lowest BCUT2D eigenvalue weighted by Crippen LogP contribution is -2.09. The Morgan fingerprint density at radius 1 is 1.24 bits per heavy atom. The van der Waals surface area contributed by atoms with Gasteiger partial charge in [0.15, 0.2) is 0 Å². The Bertz CT molecular complexity index is 323. The molecule has 0 spiro atoms. The maximum atomic E-state index is 10.1. The van der Waals surface area contributed by atoms with Gasteiger partial charge in [-0.05, 0) is 32.8 Å². The van der Waals surface area contributed by atoms with Gasteiger partial charge >= 0.3 is 0 Å². The van der Waals surface area contributed by atoms with E-state index >= 15 is 0 Å². The van der Waals surface area contributed by atoms with E-state index < -0.39 is 6.10 Å². The van der Waals surface area contributed by atoms with Crippen LogP contribution in [0.5, 0.6) is 5.75 Å². The van der Waals surface area contributed by atoms with Gasteiger partial charge in [-0.1, -0.05) is 18.2 Å². The van der Waals surface area contributed by atoms with Crippen LogP contribution in [0, 0.1) is 0 Å². The largest absolute Gasteiger partial charge is 0.491 e. The normalized spacial score (nSPS) is 12.8. The Kier molecular flexibility index (Phi) is 6.01. The summed E-state index contributed by atoms with van der Waals surface area (Å²) in [5, 5.41) is 10.1. The van der Waals surface area contributed by atoms with Gasteiger partial charge in [-0.25, -0.2) is 0 Å². The molecule has 0 heterocycles. The number of hydrogen-bond donors (Lipinski definition) is 1. The molecule has 0 fully saturated rings. The molecule has 1 rings (SSSR count). The quantitative estimate of drug-likeness (QED) is 0.742. The van der Waals surface area contributed by atoms with Gasteiger partial charge in [0.25, 0.3) is 0 Å². The summed E-state index contributed by atoms with van der Waals surface area (Å²) in [4.78, 5) is 0. The third kappa shape index (κ3) is 4.75. The summed E-state index contributed by atoms with van der Waals surface area (Å²) >= 11 is 0. The third-order valence-corrected chi connectivity index (χ3v) is 2.47. The number of hydrogen-bond acceptors (Lipinski definition) is 3. The summed E-state index contributed by atoms with van der Waals surface area (Å²) in [6.07, 6.45) is 1.16. The lowest BCUT2D eigenvalue weighted by molar-refractivity contribution is 0.131. The van der Waals surface area contributed by atoms with Crippen LogP contribution in [0.25, 0.3) is 0 Å². The van der Waals surface area contributed by atoms with Crippen LogP contribution in [0.3, 0.4) is 0 Å². The fourth-order valence-corrected chi connectivity index (χ4v) is 1.69. The smallest absolute Gasteiger partial charge is 0.125 e. The van der Waals surface area contributed by atoms with Crippen molar-refractivity contribution in [1.82, 2.24) is 0 Å². The van der Waals surface area contributed by atoms with Crippen LogP contribution < -0.4 is 4.74 Å². The number of ether oxygens (including phenoxy) is 2. The van der Waals surface area contributed by atoms with Gasteiger partial charge in [-0.3, -0.25) is 0 Å². The van der Waals surface area contributed by atoms with E-state index in [1.165, 1.54) is 0 Å². The zero-order valence-corrected chi connectivity index (χ0v) is 10.8. The van der Waals surface area contributed by atoms with Crippen molar-refractivity contribution in [2.75, 3.05) is 13.7 Å². The highest BCUT2D eigenvalue weighted by molar-refractivity contribution is 5.35. The Balaban J connectivity index is 2.67. The second-order valence-corrected chi connectivity index (χ2v) is 4.36. The Morgan fingerprint density at radius 3 is 2.59 bits per heavy atom. The van der Waals surface area contributed by atoms with E-state index in [0.29, 0.717) is 13.0 Å². The summed E-state index contributed by atoms with van der Waals surface area (Å²) in [5.41, 5.74) is 0.859. The molecule has 17 heavy (non-hydrogen) atoms. The van der Waals surface area contributed by atoms with Crippen molar-refractivity contribution in [3.63, 3.8) is 0 Å². The first-order chi connectivity index (χ1) is 8.15. The lowest BCUT2D eigenvalue weighted by atomic mass is 10.0. The van der Waals surface area contributed by atoms with Crippen LogP contribution in [-0.2, 0) is 4.74 Å². The molecule has 0 aromatic heterocycles. The average molecular weight is 238 g/mol. The number of aliphatic hydroxyl groups is 1. The molecule has 0 saturated carbocycles. The molecule has 0 amide bonds. The maximum absolute atomic E-state index is 10.1. The van der Waals surface area contributed by atoms with E-state index in [9.17, 15) is 5.11 Å². The SMILES string of the molecule is COCCCC(O)c1ccccc1OC(C)C. The number of para-hydroxylation sites is 1. The molecule has 1 aromatic carbocycles. The van der Waals surface area contributed by atoms with Crippen LogP contribution in [0.15, 0.2) is 24.3 Å². The van der Waals surface area contributed by atoms with Gasteiger partial charge in [0.1, 0.15) is 5.75 Å². The van der Waals surface area contributed by atoms with Gasteiger partial charge in [-0.2, -0.15) is 0 Å². The van der Waals surface area contributed by atoms with Gasteiger partial charge in [-0.15, -0.1) is 0 Å². The van der Waals surface area contributed by atoms with Crippen molar-refractivity contribution < 1.29 is 14.6 Å². The highest BCUT2D eigenvalue weighted by Gasteiger charge is 2.13. The zero-order valence-electron chi connectivity index (χ0n) is 10.8. The average Bonchev–Trinajstić information content (AvgIpc) is 2.29. The molecule has 0 saturated heterocycles. The molecule has 0 aliphatic heterocycles. The summed E-state index contributed by atoms with van der Waals surface area (Å²) < 4.78 is 10.7. The number of aliphatic hydroxyl groups excluding tert-OH is 1. The first-order valence-electron chi connectivity index (χ1n) is 6.07. The first-order valence-corrected chi connectivity index (χ1v) is 6.07. The van der Waals surface area contributed by atoms with Gasteiger partial charge < -0.3 is 14.6 Å². The summed E-state index contributed by atoms with van der Waals surface area (Å²) in [7, 11) is 1.67. The van der Waals surface area contributed by atoms with E-state index in [-0.39, 0.29) is 6.10 Å². The molecule has 1 atom stereocenters. The third-order valence-electron chi connectivity index (χ3n) is 2.47. The predicted octanol–water partition coefficient (Wildman–Crippen LogP) is 2.93. The van der Waals surface area contributed by atoms with Gasteiger partial charge in [0.2, 0.25) is 0 Å². The summed E-state index contributed by atoms with van der Waals surface area (Å²) in [5.74, 6) is 0.771. The molecule has 1 unspecified atom stereocenters. The second kappa shape index (κ2) is 7.30. The maximum Gasteiger partial charge on any atom is 0.125 e. The molecule has 3 heteroatoms. The molecule has 96 valence electrons. The molecule has 0 radical (unpaired) electrons. The van der Waals surface area contributed by atoms with Crippen molar-refractivity contribution in [2.45, 2.75) is 38.9 Å². The molecule has 0 aliphatic rings. The van der Waals surface area contributed by atoms with Crippen molar-refractivity contribution in [2.24, 2.45) is 0 Å². The van der Waals surface area contributed by atoms with Crippen molar-refractivity contribution in [3.05, 3.63) is 29.8 Å². The van der Waals surface area contributed by atoms with E-state index in [1.807, 2.05) is 38.1 Å². The van der Waals surface area contributed by atoms with Gasteiger partial charge in [0, 0.05) is 19.3 Å². The van der Waals surface area contributed by atoms with Gasteiger partial charge in [0.05, 0.1) is 12.2 Å². The van der Waals surface area contributed by atoms with E-state index in [0.717, 1.165) is 17.7 Å². The van der Waals surface area contributed by atoms with Crippen molar-refractivity contribution in [1.29, 1.82) is 0 Å². The highest BCUT2D eigenvalue weighted by atomic mass is 16.5. The first kappa shape index (κ1) is 14.0. The summed E-state index contributed by atoms with van der Waals surface area (Å²) in [6, 6.07) is 7.65. The van der Waals surface area contributed by atoms with Crippen molar-refractivity contribution in [3.8, 4) is 5.75 Å². The van der Waals surface area contributed by atoms with E-state index in [4.69, 9.17) is 9.47 Å². The molecular formula is C14H22O3. The number of benzene rings is 1. The Morgan fingerprint density at radius 2 is 1.94 bits per heavy atom.